The zero-order chi connectivity index (χ0) is 35.7. The maximum Gasteiger partial charge on any atom is 0.265 e. The smallest absolute Gasteiger partial charge is 0.265 e. The van der Waals surface area contributed by atoms with Crippen LogP contribution >= 0.6 is 0 Å². The fourth-order valence-corrected chi connectivity index (χ4v) is 6.55. The Morgan fingerprint density at radius 2 is 1.45 bits per heavy atom. The van der Waals surface area contributed by atoms with Crippen molar-refractivity contribution < 1.29 is 32.2 Å². The number of anilines is 1. The van der Waals surface area contributed by atoms with Gasteiger partial charge in [-0.1, -0.05) is 104 Å². The van der Waals surface area contributed by atoms with E-state index in [9.17, 15) is 18.0 Å². The quantitative estimate of drug-likeness (QED) is 0.101. The molecule has 0 saturated heterocycles. The molecule has 1 unspecified atom stereocenters. The van der Waals surface area contributed by atoms with Crippen LogP contribution in [0.25, 0.3) is 0 Å². The van der Waals surface area contributed by atoms with Gasteiger partial charge in [0.1, 0.15) is 27.9 Å². The van der Waals surface area contributed by atoms with E-state index in [4.69, 9.17) is 14.2 Å². The van der Waals surface area contributed by atoms with Gasteiger partial charge >= 0.3 is 0 Å². The summed E-state index contributed by atoms with van der Waals surface area (Å²) in [5.74, 6) is 1.34. The number of ether oxygens (including phenoxy) is 3. The van der Waals surface area contributed by atoms with Crippen molar-refractivity contribution in [3.8, 4) is 23.0 Å². The van der Waals surface area contributed by atoms with Crippen molar-refractivity contribution in [2.45, 2.75) is 115 Å². The SMILES string of the molecule is CCCCCCCCCCCCC(Oc1ccc(OC)c(C(C)(C)C)c1)C(=O)Nc1ccc(Oc2ccccc2)c(S(=O)(=O)NC[C]=O)c1. The van der Waals surface area contributed by atoms with Gasteiger partial charge in [-0.2, -0.15) is 0 Å². The minimum Gasteiger partial charge on any atom is -0.496 e. The lowest BCUT2D eigenvalue weighted by molar-refractivity contribution is -0.123. The molecule has 0 fully saturated rings. The minimum absolute atomic E-state index is 0.0358. The van der Waals surface area contributed by atoms with Crippen LogP contribution in [0.2, 0.25) is 0 Å². The molecular formula is C39H53N2O7S. The van der Waals surface area contributed by atoms with Gasteiger partial charge in [0, 0.05) is 11.3 Å². The number of hydrogen-bond acceptors (Lipinski definition) is 7. The topological polar surface area (TPSA) is 120 Å². The highest BCUT2D eigenvalue weighted by Gasteiger charge is 2.26. The monoisotopic (exact) mass is 693 g/mol. The average molecular weight is 694 g/mol. The van der Waals surface area contributed by atoms with Crippen LogP contribution in [0, 0.1) is 0 Å². The highest BCUT2D eigenvalue weighted by molar-refractivity contribution is 7.89. The fourth-order valence-electron chi connectivity index (χ4n) is 5.49. The van der Waals surface area contributed by atoms with Crippen molar-refractivity contribution in [3.63, 3.8) is 0 Å². The third-order valence-corrected chi connectivity index (χ3v) is 9.60. The number of hydrogen-bond donors (Lipinski definition) is 2. The Labute approximate surface area is 293 Å². The number of sulfonamides is 1. The molecule has 0 aliphatic carbocycles. The number of carbonyl (C=O) groups excluding carboxylic acids is 2. The summed E-state index contributed by atoms with van der Waals surface area (Å²) in [4.78, 5) is 24.4. The van der Waals surface area contributed by atoms with Crippen LogP contribution in [0.3, 0.4) is 0 Å². The lowest BCUT2D eigenvalue weighted by Gasteiger charge is -2.24. The van der Waals surface area contributed by atoms with Gasteiger partial charge in [0.15, 0.2) is 6.10 Å². The van der Waals surface area contributed by atoms with E-state index in [0.29, 0.717) is 17.9 Å². The van der Waals surface area contributed by atoms with Crippen LogP contribution in [0.1, 0.15) is 104 Å². The molecule has 267 valence electrons. The molecule has 3 rings (SSSR count). The zero-order valence-corrected chi connectivity index (χ0v) is 30.5. The molecule has 0 aliphatic heterocycles. The summed E-state index contributed by atoms with van der Waals surface area (Å²) in [6.45, 7) is 7.95. The summed E-state index contributed by atoms with van der Waals surface area (Å²) in [6, 6.07) is 18.6. The van der Waals surface area contributed by atoms with Gasteiger partial charge in [0.25, 0.3) is 5.91 Å². The Morgan fingerprint density at radius 1 is 0.816 bits per heavy atom. The summed E-state index contributed by atoms with van der Waals surface area (Å²) < 4.78 is 46.4. The van der Waals surface area contributed by atoms with Gasteiger partial charge in [0.2, 0.25) is 16.3 Å². The lowest BCUT2D eigenvalue weighted by atomic mass is 9.86. The molecule has 1 amide bonds. The maximum atomic E-state index is 13.8. The number of rotatable bonds is 22. The molecule has 9 nitrogen and oxygen atoms in total. The van der Waals surface area contributed by atoms with Crippen LogP contribution in [0.15, 0.2) is 71.6 Å². The third-order valence-electron chi connectivity index (χ3n) is 8.18. The molecule has 3 aromatic carbocycles. The standard InChI is InChI=1S/C39H53N2O7S/c1-6-7-8-9-10-11-12-13-14-18-21-36(48-32-23-25-34(46-5)33(29-32)39(2,3)4)38(43)41-30-22-24-35(47-31-19-16-15-17-20-31)37(28-30)49(44,45)40-26-27-42/h15-17,19-20,22-25,28-29,36,40H,6-14,18,21,26H2,1-5H3,(H,41,43). The van der Waals surface area contributed by atoms with E-state index in [1.807, 2.05) is 18.2 Å². The predicted molar refractivity (Wildman–Crippen MR) is 195 cm³/mol. The van der Waals surface area contributed by atoms with Crippen molar-refractivity contribution in [1.29, 1.82) is 0 Å². The molecule has 3 aromatic rings. The first-order valence-corrected chi connectivity index (χ1v) is 18.8. The number of benzene rings is 3. The number of amides is 1. The molecule has 1 radical (unpaired) electrons. The molecule has 2 N–H and O–H groups in total. The first kappa shape index (κ1) is 39.5. The van der Waals surface area contributed by atoms with Crippen molar-refractivity contribution in [2.24, 2.45) is 0 Å². The Hall–Kier alpha value is -3.89. The van der Waals surface area contributed by atoms with E-state index < -0.39 is 28.6 Å². The summed E-state index contributed by atoms with van der Waals surface area (Å²) in [5.41, 5.74) is 0.970. The van der Waals surface area contributed by atoms with Crippen LogP contribution in [-0.4, -0.2) is 40.4 Å². The summed E-state index contributed by atoms with van der Waals surface area (Å²) >= 11 is 0. The van der Waals surface area contributed by atoms with Gasteiger partial charge in [-0.3, -0.25) is 9.59 Å². The van der Waals surface area contributed by atoms with Crippen LogP contribution < -0.4 is 24.2 Å². The predicted octanol–water partition coefficient (Wildman–Crippen LogP) is 8.87. The van der Waals surface area contributed by atoms with Crippen LogP contribution in [-0.2, 0) is 25.0 Å². The normalized spacial score (nSPS) is 12.3. The Kier molecular flexibility index (Phi) is 16.1. The Bertz CT molecular complexity index is 1570. The number of nitrogens with one attached hydrogen (secondary N) is 2. The van der Waals surface area contributed by atoms with E-state index >= 15 is 0 Å². The highest BCUT2D eigenvalue weighted by Crippen LogP contribution is 2.35. The molecule has 0 saturated carbocycles. The second-order valence-electron chi connectivity index (χ2n) is 13.2. The molecule has 1 atom stereocenters. The molecular weight excluding hydrogens is 641 g/mol. The molecule has 0 bridgehead atoms. The molecule has 0 aliphatic rings. The first-order chi connectivity index (χ1) is 23.5. The second kappa shape index (κ2) is 19.9. The lowest BCUT2D eigenvalue weighted by Crippen LogP contribution is -2.33. The van der Waals surface area contributed by atoms with Crippen LogP contribution in [0.4, 0.5) is 5.69 Å². The van der Waals surface area contributed by atoms with Crippen molar-refractivity contribution in [2.75, 3.05) is 19.0 Å². The van der Waals surface area contributed by atoms with Crippen LogP contribution in [0.5, 0.6) is 23.0 Å². The molecule has 0 spiro atoms. The molecule has 0 heterocycles. The molecule has 0 aromatic heterocycles. The maximum absolute atomic E-state index is 13.8. The largest absolute Gasteiger partial charge is 0.496 e. The molecule has 10 heteroatoms. The van der Waals surface area contributed by atoms with Gasteiger partial charge in [-0.05, 0) is 66.8 Å². The second-order valence-corrected chi connectivity index (χ2v) is 15.0. The third kappa shape index (κ3) is 13.2. The number of methoxy groups -OCH3 is 1. The first-order valence-electron chi connectivity index (χ1n) is 17.4. The number of unbranched alkanes of at least 4 members (excludes halogenated alkanes) is 9. The number of para-hydroxylation sites is 1. The van der Waals surface area contributed by atoms with Gasteiger partial charge in [-0.25, -0.2) is 13.1 Å². The minimum atomic E-state index is -4.19. The van der Waals surface area contributed by atoms with Crippen molar-refractivity contribution >= 4 is 27.9 Å². The van der Waals surface area contributed by atoms with Gasteiger partial charge in [-0.15, -0.1) is 0 Å². The Morgan fingerprint density at radius 3 is 2.06 bits per heavy atom. The number of carbonyl (C=O) groups is 1. The van der Waals surface area contributed by atoms with Gasteiger partial charge < -0.3 is 19.5 Å². The fraction of sp³-hybridized carbons (Fsp3) is 0.487. The van der Waals surface area contributed by atoms with E-state index in [1.54, 1.807) is 43.5 Å². The van der Waals surface area contributed by atoms with Gasteiger partial charge in [0.05, 0.1) is 13.7 Å². The molecule has 49 heavy (non-hydrogen) atoms. The van der Waals surface area contributed by atoms with Crippen molar-refractivity contribution in [3.05, 3.63) is 72.3 Å². The summed E-state index contributed by atoms with van der Waals surface area (Å²) in [6.07, 6.45) is 12.8. The van der Waals surface area contributed by atoms with E-state index in [1.165, 1.54) is 63.4 Å². The van der Waals surface area contributed by atoms with E-state index in [-0.39, 0.29) is 21.7 Å². The summed E-state index contributed by atoms with van der Waals surface area (Å²) in [7, 11) is -2.56. The average Bonchev–Trinajstić information content (AvgIpc) is 3.08. The van der Waals surface area contributed by atoms with E-state index in [2.05, 4.69) is 37.7 Å². The summed E-state index contributed by atoms with van der Waals surface area (Å²) in [5, 5.41) is 2.86. The van der Waals surface area contributed by atoms with E-state index in [0.717, 1.165) is 30.6 Å². The highest BCUT2D eigenvalue weighted by atomic mass is 32.2. The van der Waals surface area contributed by atoms with Crippen molar-refractivity contribution in [1.82, 2.24) is 4.72 Å². The zero-order valence-electron chi connectivity index (χ0n) is 29.7. The Balaban J connectivity index is 1.81.